The number of hydrogen-bond donors (Lipinski definition) is 1. The van der Waals surface area contributed by atoms with E-state index < -0.39 is 0 Å². The number of aryl methyl sites for hydroxylation is 1. The third-order valence-electron chi connectivity index (χ3n) is 1.07. The van der Waals surface area contributed by atoms with E-state index in [1.807, 2.05) is 19.2 Å². The molecule has 0 saturated heterocycles. The molecule has 0 aliphatic carbocycles. The summed E-state index contributed by atoms with van der Waals surface area (Å²) in [6, 6.07) is 2.05. The molecule has 8 heavy (non-hydrogen) atoms. The molecule has 0 saturated carbocycles. The molecule has 0 atom stereocenters. The smallest absolute Gasteiger partial charge is 0.0377 e. The van der Waals surface area contributed by atoms with Gasteiger partial charge in [0.1, 0.15) is 0 Å². The van der Waals surface area contributed by atoms with Crippen molar-refractivity contribution in [2.75, 3.05) is 0 Å². The average Bonchev–Trinajstić information content (AvgIpc) is 2.14. The first-order valence-electron chi connectivity index (χ1n) is 2.60. The average molecular weight is 107 g/mol. The highest BCUT2D eigenvalue weighted by Gasteiger charge is 1.85. The monoisotopic (exact) mass is 107 g/mol. The summed E-state index contributed by atoms with van der Waals surface area (Å²) in [4.78, 5) is 3.04. The number of nitrogens with one attached hydrogen (secondary N) is 1. The van der Waals surface area contributed by atoms with E-state index in [9.17, 15) is 0 Å². The predicted octanol–water partition coefficient (Wildman–Crippen LogP) is 1.97. The lowest BCUT2D eigenvalue weighted by Crippen LogP contribution is -1.61. The molecule has 0 aromatic carbocycles. The van der Waals surface area contributed by atoms with Gasteiger partial charge in [-0.2, -0.15) is 0 Å². The summed E-state index contributed by atoms with van der Waals surface area (Å²) in [6.45, 7) is 5.66. The van der Waals surface area contributed by atoms with E-state index in [-0.39, 0.29) is 0 Å². The van der Waals surface area contributed by atoms with Gasteiger partial charge in [-0.15, -0.1) is 0 Å². The first kappa shape index (κ1) is 5.16. The lowest BCUT2D eigenvalue weighted by Gasteiger charge is -1.75. The van der Waals surface area contributed by atoms with Crippen molar-refractivity contribution in [2.45, 2.75) is 6.92 Å². The van der Waals surface area contributed by atoms with Gasteiger partial charge in [0.15, 0.2) is 0 Å². The third kappa shape index (κ3) is 0.808. The largest absolute Gasteiger partial charge is 0.361 e. The molecule has 0 aliphatic rings. The summed E-state index contributed by atoms with van der Waals surface area (Å²) in [5.41, 5.74) is 2.34. The predicted molar refractivity (Wildman–Crippen MR) is 35.6 cm³/mol. The Balaban J connectivity index is 3.00. The van der Waals surface area contributed by atoms with Gasteiger partial charge in [0.05, 0.1) is 0 Å². The Labute approximate surface area is 49.0 Å². The van der Waals surface area contributed by atoms with Gasteiger partial charge in [-0.1, -0.05) is 6.58 Å². The molecule has 0 fully saturated rings. The van der Waals surface area contributed by atoms with E-state index in [0.29, 0.717) is 0 Å². The molecule has 1 nitrogen and oxygen atoms in total. The van der Waals surface area contributed by atoms with Gasteiger partial charge < -0.3 is 4.98 Å². The molecule has 1 heterocycles. The number of aromatic amines is 1. The normalized spacial score (nSPS) is 9.12. The second kappa shape index (κ2) is 1.86. The summed E-state index contributed by atoms with van der Waals surface area (Å²) in [5, 5.41) is 0. The van der Waals surface area contributed by atoms with Crippen molar-refractivity contribution in [1.82, 2.24) is 4.98 Å². The summed E-state index contributed by atoms with van der Waals surface area (Å²) in [6.07, 6.45) is 3.75. The second-order valence-corrected chi connectivity index (χ2v) is 1.84. The Hall–Kier alpha value is -0.980. The van der Waals surface area contributed by atoms with E-state index in [4.69, 9.17) is 0 Å². The number of H-pyrrole nitrogens is 1. The van der Waals surface area contributed by atoms with Gasteiger partial charge >= 0.3 is 0 Å². The molecule has 0 bridgehead atoms. The Morgan fingerprint density at radius 1 is 1.75 bits per heavy atom. The SMILES string of the molecule is C=Cc1cc(C)c[nH]1. The summed E-state index contributed by atoms with van der Waals surface area (Å²) >= 11 is 0. The Morgan fingerprint density at radius 3 is 2.75 bits per heavy atom. The number of hydrogen-bond acceptors (Lipinski definition) is 0. The molecule has 0 radical (unpaired) electrons. The van der Waals surface area contributed by atoms with Gasteiger partial charge in [-0.3, -0.25) is 0 Å². The molecule has 1 N–H and O–H groups in total. The molecule has 1 aromatic heterocycles. The molecular weight excluding hydrogens is 98.1 g/mol. The van der Waals surface area contributed by atoms with Crippen molar-refractivity contribution in [1.29, 1.82) is 0 Å². The molecule has 0 amide bonds. The quantitative estimate of drug-likeness (QED) is 0.564. The van der Waals surface area contributed by atoms with Crippen molar-refractivity contribution >= 4 is 6.08 Å². The van der Waals surface area contributed by atoms with Crippen LogP contribution in [0.4, 0.5) is 0 Å². The summed E-state index contributed by atoms with van der Waals surface area (Å²) in [7, 11) is 0. The minimum atomic E-state index is 1.09. The second-order valence-electron chi connectivity index (χ2n) is 1.84. The minimum absolute atomic E-state index is 1.09. The van der Waals surface area contributed by atoms with Crippen LogP contribution in [0.2, 0.25) is 0 Å². The van der Waals surface area contributed by atoms with Crippen LogP contribution in [0.1, 0.15) is 11.3 Å². The molecule has 0 spiro atoms. The fourth-order valence-electron chi connectivity index (χ4n) is 0.644. The standard InChI is InChI=1S/C7H9N/c1-3-7-4-6(2)5-8-7/h3-5,8H,1H2,2H3. The molecular formula is C7H9N. The Bertz CT molecular complexity index is 186. The van der Waals surface area contributed by atoms with Crippen molar-refractivity contribution in [3.05, 3.63) is 30.1 Å². The molecule has 1 heteroatoms. The highest BCUT2D eigenvalue weighted by molar-refractivity contribution is 5.42. The summed E-state index contributed by atoms with van der Waals surface area (Å²) < 4.78 is 0. The minimum Gasteiger partial charge on any atom is -0.361 e. The molecule has 0 unspecified atom stereocenters. The maximum absolute atomic E-state index is 3.61. The first-order chi connectivity index (χ1) is 3.83. The van der Waals surface area contributed by atoms with Crippen LogP contribution in [-0.2, 0) is 0 Å². The Morgan fingerprint density at radius 2 is 2.50 bits per heavy atom. The van der Waals surface area contributed by atoms with E-state index in [2.05, 4.69) is 11.6 Å². The highest BCUT2D eigenvalue weighted by atomic mass is 14.7. The maximum Gasteiger partial charge on any atom is 0.0377 e. The lowest BCUT2D eigenvalue weighted by atomic mass is 10.3. The van der Waals surface area contributed by atoms with Gasteiger partial charge in [0.2, 0.25) is 0 Å². The number of rotatable bonds is 1. The zero-order valence-electron chi connectivity index (χ0n) is 4.94. The molecule has 1 rings (SSSR count). The fourth-order valence-corrected chi connectivity index (χ4v) is 0.644. The van der Waals surface area contributed by atoms with E-state index in [1.165, 1.54) is 5.56 Å². The van der Waals surface area contributed by atoms with Crippen LogP contribution in [0, 0.1) is 6.92 Å². The van der Waals surface area contributed by atoms with Crippen molar-refractivity contribution < 1.29 is 0 Å². The van der Waals surface area contributed by atoms with Gasteiger partial charge in [0.25, 0.3) is 0 Å². The van der Waals surface area contributed by atoms with Gasteiger partial charge in [0, 0.05) is 11.9 Å². The van der Waals surface area contributed by atoms with Crippen LogP contribution >= 0.6 is 0 Å². The van der Waals surface area contributed by atoms with Crippen molar-refractivity contribution in [2.24, 2.45) is 0 Å². The number of aromatic nitrogens is 1. The van der Waals surface area contributed by atoms with E-state index in [0.717, 1.165) is 5.69 Å². The van der Waals surface area contributed by atoms with Gasteiger partial charge in [-0.25, -0.2) is 0 Å². The Kier molecular flexibility index (Phi) is 1.20. The first-order valence-corrected chi connectivity index (χ1v) is 2.60. The van der Waals surface area contributed by atoms with Crippen molar-refractivity contribution in [3.63, 3.8) is 0 Å². The third-order valence-corrected chi connectivity index (χ3v) is 1.07. The topological polar surface area (TPSA) is 15.8 Å². The fraction of sp³-hybridized carbons (Fsp3) is 0.143. The molecule has 0 aliphatic heterocycles. The van der Waals surface area contributed by atoms with E-state index in [1.54, 1.807) is 6.08 Å². The summed E-state index contributed by atoms with van der Waals surface area (Å²) in [5.74, 6) is 0. The van der Waals surface area contributed by atoms with Crippen LogP contribution in [0.5, 0.6) is 0 Å². The highest BCUT2D eigenvalue weighted by Crippen LogP contribution is 2.00. The van der Waals surface area contributed by atoms with Crippen LogP contribution in [0.3, 0.4) is 0 Å². The maximum atomic E-state index is 3.61. The zero-order valence-corrected chi connectivity index (χ0v) is 4.94. The molecule has 42 valence electrons. The zero-order chi connectivity index (χ0) is 5.98. The molecule has 1 aromatic rings. The van der Waals surface area contributed by atoms with Gasteiger partial charge in [-0.05, 0) is 24.6 Å². The van der Waals surface area contributed by atoms with Crippen LogP contribution in [0.25, 0.3) is 6.08 Å². The van der Waals surface area contributed by atoms with E-state index >= 15 is 0 Å². The van der Waals surface area contributed by atoms with Crippen molar-refractivity contribution in [3.8, 4) is 0 Å². The van der Waals surface area contributed by atoms with Crippen LogP contribution < -0.4 is 0 Å². The van der Waals surface area contributed by atoms with Crippen LogP contribution in [0.15, 0.2) is 18.8 Å². The lowest BCUT2D eigenvalue weighted by molar-refractivity contribution is 1.36. The van der Waals surface area contributed by atoms with Crippen LogP contribution in [-0.4, -0.2) is 4.98 Å².